The number of anilines is 1. The number of hydrogen-bond donors (Lipinski definition) is 0. The predicted octanol–water partition coefficient (Wildman–Crippen LogP) is 3.14. The topological polar surface area (TPSA) is 90.0 Å². The van der Waals surface area contributed by atoms with Crippen LogP contribution in [0.25, 0.3) is 0 Å². The van der Waals surface area contributed by atoms with Gasteiger partial charge in [0, 0.05) is 0 Å². The number of rotatable bonds is 3. The van der Waals surface area contributed by atoms with Gasteiger partial charge in [0.1, 0.15) is 5.60 Å². The second-order valence-corrected chi connectivity index (χ2v) is 7.81. The smallest absolute Gasteiger partial charge is 0.422 e. The molecule has 0 aromatic heterocycles. The Bertz CT molecular complexity index is 831. The maximum atomic E-state index is 12.7. The number of carbonyl (C=O) groups excluding carboxylic acids is 4. The third-order valence-electron chi connectivity index (χ3n) is 4.87. The molecule has 2 aliphatic rings. The SMILES string of the molecule is CCOC(=O)C1(c2cccc3c2C(=O)C(=O)N3C(=O)OC(C)(C)C)CCC1. The van der Waals surface area contributed by atoms with Crippen LogP contribution in [0.15, 0.2) is 18.2 Å². The quantitative estimate of drug-likeness (QED) is 0.597. The number of nitrogens with zero attached hydrogens (tertiary/aromatic N) is 1. The number of Topliss-reactive ketones (excluding diaryl/α,β-unsaturated/α-hetero) is 1. The van der Waals surface area contributed by atoms with E-state index in [0.29, 0.717) is 18.4 Å². The molecule has 1 aliphatic heterocycles. The molecule has 0 unspecified atom stereocenters. The Hall–Kier alpha value is -2.70. The molecule has 1 saturated carbocycles. The van der Waals surface area contributed by atoms with E-state index in [4.69, 9.17) is 9.47 Å². The van der Waals surface area contributed by atoms with Crippen LogP contribution in [0.2, 0.25) is 0 Å². The van der Waals surface area contributed by atoms with Gasteiger partial charge in [0.15, 0.2) is 0 Å². The molecule has 0 bridgehead atoms. The Kier molecular flexibility index (Phi) is 4.57. The van der Waals surface area contributed by atoms with E-state index in [1.165, 1.54) is 6.07 Å². The van der Waals surface area contributed by atoms with Crippen LogP contribution in [0.3, 0.4) is 0 Å². The molecule has 7 heteroatoms. The number of imide groups is 1. The number of ketones is 1. The average molecular weight is 373 g/mol. The monoisotopic (exact) mass is 373 g/mol. The number of hydrogen-bond acceptors (Lipinski definition) is 6. The minimum absolute atomic E-state index is 0.0983. The zero-order chi connectivity index (χ0) is 20.0. The maximum Gasteiger partial charge on any atom is 0.422 e. The summed E-state index contributed by atoms with van der Waals surface area (Å²) in [5.41, 5.74) is -1.05. The molecule has 7 nitrogen and oxygen atoms in total. The summed E-state index contributed by atoms with van der Waals surface area (Å²) in [6.45, 7) is 6.98. The summed E-state index contributed by atoms with van der Waals surface area (Å²) in [6.07, 6.45) is 0.989. The van der Waals surface area contributed by atoms with Crippen molar-refractivity contribution in [2.24, 2.45) is 0 Å². The summed E-state index contributed by atoms with van der Waals surface area (Å²) < 4.78 is 10.5. The zero-order valence-corrected chi connectivity index (χ0v) is 16.0. The second kappa shape index (κ2) is 6.48. The van der Waals surface area contributed by atoms with Crippen LogP contribution in [-0.4, -0.2) is 36.0 Å². The van der Waals surface area contributed by atoms with Crippen LogP contribution in [0, 0.1) is 0 Å². The van der Waals surface area contributed by atoms with Gasteiger partial charge in [-0.15, -0.1) is 0 Å². The Balaban J connectivity index is 2.08. The van der Waals surface area contributed by atoms with Crippen LogP contribution in [0.1, 0.15) is 62.9 Å². The van der Waals surface area contributed by atoms with Gasteiger partial charge in [0.05, 0.1) is 23.3 Å². The molecule has 27 heavy (non-hydrogen) atoms. The summed E-state index contributed by atoms with van der Waals surface area (Å²) in [6, 6.07) is 4.82. The highest BCUT2D eigenvalue weighted by Gasteiger charge is 2.52. The molecule has 1 aromatic rings. The van der Waals surface area contributed by atoms with Crippen LogP contribution in [0.5, 0.6) is 0 Å². The van der Waals surface area contributed by atoms with Crippen molar-refractivity contribution in [2.75, 3.05) is 11.5 Å². The fourth-order valence-corrected chi connectivity index (χ4v) is 3.55. The molecular weight excluding hydrogens is 350 g/mol. The Labute approximate surface area is 157 Å². The predicted molar refractivity (Wildman–Crippen MR) is 96.7 cm³/mol. The first kappa shape index (κ1) is 19.1. The van der Waals surface area contributed by atoms with Gasteiger partial charge in [-0.25, -0.2) is 9.69 Å². The van der Waals surface area contributed by atoms with Crippen LogP contribution >= 0.6 is 0 Å². The largest absolute Gasteiger partial charge is 0.465 e. The van der Waals surface area contributed by atoms with Crippen molar-refractivity contribution in [1.29, 1.82) is 0 Å². The lowest BCUT2D eigenvalue weighted by atomic mass is 9.63. The second-order valence-electron chi connectivity index (χ2n) is 7.81. The van der Waals surface area contributed by atoms with Crippen LogP contribution in [-0.2, 0) is 24.5 Å². The molecule has 1 aromatic carbocycles. The first-order valence-corrected chi connectivity index (χ1v) is 9.05. The number of benzene rings is 1. The van der Waals surface area contributed by atoms with Crippen molar-refractivity contribution >= 4 is 29.4 Å². The van der Waals surface area contributed by atoms with E-state index >= 15 is 0 Å². The number of ether oxygens (including phenoxy) is 2. The molecule has 3 rings (SSSR count). The Morgan fingerprint density at radius 2 is 1.85 bits per heavy atom. The first-order chi connectivity index (χ1) is 12.6. The molecule has 0 saturated heterocycles. The molecule has 1 heterocycles. The summed E-state index contributed by atoms with van der Waals surface area (Å²) in [5.74, 6) is -2.17. The summed E-state index contributed by atoms with van der Waals surface area (Å²) in [7, 11) is 0. The van der Waals surface area contributed by atoms with Gasteiger partial charge < -0.3 is 9.47 Å². The van der Waals surface area contributed by atoms with E-state index in [1.54, 1.807) is 39.8 Å². The fraction of sp³-hybridized carbons (Fsp3) is 0.500. The first-order valence-electron chi connectivity index (χ1n) is 9.05. The molecule has 1 fully saturated rings. The summed E-state index contributed by atoms with van der Waals surface area (Å²) in [5, 5.41) is 0. The maximum absolute atomic E-state index is 12.7. The normalized spacial score (nSPS) is 18.0. The molecule has 0 N–H and O–H groups in total. The van der Waals surface area contributed by atoms with Crippen molar-refractivity contribution in [3.8, 4) is 0 Å². The van der Waals surface area contributed by atoms with Gasteiger partial charge in [0.25, 0.3) is 5.78 Å². The van der Waals surface area contributed by atoms with Gasteiger partial charge in [-0.2, -0.15) is 0 Å². The van der Waals surface area contributed by atoms with E-state index in [1.807, 2.05) is 0 Å². The molecule has 0 spiro atoms. The van der Waals surface area contributed by atoms with Crippen molar-refractivity contribution in [3.63, 3.8) is 0 Å². The third kappa shape index (κ3) is 3.01. The number of carbonyl (C=O) groups is 4. The van der Waals surface area contributed by atoms with E-state index in [0.717, 1.165) is 11.3 Å². The standard InChI is InChI=1S/C20H23NO6/c1-5-26-17(24)20(10-7-11-20)12-8-6-9-13-14(12)15(22)16(23)21(13)18(25)27-19(2,3)4/h6,8-9H,5,7,10-11H2,1-4H3. The van der Waals surface area contributed by atoms with Gasteiger partial charge in [0.2, 0.25) is 0 Å². The lowest BCUT2D eigenvalue weighted by Crippen LogP contribution is -2.44. The lowest BCUT2D eigenvalue weighted by Gasteiger charge is -2.40. The summed E-state index contributed by atoms with van der Waals surface area (Å²) >= 11 is 0. The Morgan fingerprint density at radius 1 is 1.19 bits per heavy atom. The molecule has 1 aliphatic carbocycles. The van der Waals surface area contributed by atoms with E-state index in [2.05, 4.69) is 0 Å². The van der Waals surface area contributed by atoms with E-state index in [9.17, 15) is 19.2 Å². The minimum atomic E-state index is -0.968. The van der Waals surface area contributed by atoms with Crippen molar-refractivity contribution in [3.05, 3.63) is 29.3 Å². The minimum Gasteiger partial charge on any atom is -0.465 e. The highest BCUT2D eigenvalue weighted by Crippen LogP contribution is 2.49. The molecule has 0 radical (unpaired) electrons. The van der Waals surface area contributed by atoms with E-state index < -0.39 is 34.8 Å². The zero-order valence-electron chi connectivity index (χ0n) is 16.0. The van der Waals surface area contributed by atoms with Crippen molar-refractivity contribution in [1.82, 2.24) is 0 Å². The van der Waals surface area contributed by atoms with Crippen LogP contribution in [0.4, 0.5) is 10.5 Å². The Morgan fingerprint density at radius 3 is 2.37 bits per heavy atom. The van der Waals surface area contributed by atoms with E-state index in [-0.39, 0.29) is 17.9 Å². The van der Waals surface area contributed by atoms with Crippen molar-refractivity contribution in [2.45, 2.75) is 58.0 Å². The molecular formula is C20H23NO6. The van der Waals surface area contributed by atoms with Crippen molar-refractivity contribution < 1.29 is 28.7 Å². The third-order valence-corrected chi connectivity index (χ3v) is 4.87. The number of amides is 2. The van der Waals surface area contributed by atoms with Gasteiger partial charge in [-0.1, -0.05) is 18.6 Å². The summed E-state index contributed by atoms with van der Waals surface area (Å²) in [4.78, 5) is 51.1. The molecule has 0 atom stereocenters. The lowest BCUT2D eigenvalue weighted by molar-refractivity contribution is -0.154. The molecule has 2 amide bonds. The fourth-order valence-electron chi connectivity index (χ4n) is 3.55. The number of esters is 1. The average Bonchev–Trinajstić information content (AvgIpc) is 2.77. The van der Waals surface area contributed by atoms with Gasteiger partial charge in [-0.05, 0) is 52.2 Å². The number of fused-ring (bicyclic) bond motifs is 1. The van der Waals surface area contributed by atoms with Crippen LogP contribution < -0.4 is 4.90 Å². The van der Waals surface area contributed by atoms with Gasteiger partial charge in [-0.3, -0.25) is 14.4 Å². The molecule has 144 valence electrons. The highest BCUT2D eigenvalue weighted by atomic mass is 16.6. The van der Waals surface area contributed by atoms with Gasteiger partial charge >= 0.3 is 18.0 Å². The highest BCUT2D eigenvalue weighted by molar-refractivity contribution is 6.56.